The molecule has 1 saturated heterocycles. The number of ketones is 1. The van der Waals surface area contributed by atoms with Gasteiger partial charge >= 0.3 is 0 Å². The molecule has 1 aliphatic heterocycles. The summed E-state index contributed by atoms with van der Waals surface area (Å²) in [5.41, 5.74) is 0. The number of hydrogen-bond acceptors (Lipinski definition) is 2. The molecule has 92 valence electrons. The van der Waals surface area contributed by atoms with Crippen molar-refractivity contribution in [2.75, 3.05) is 13.2 Å². The number of hydrogen-bond donors (Lipinski definition) is 0. The first-order chi connectivity index (χ1) is 7.79. The molecule has 2 nitrogen and oxygen atoms in total. The van der Waals surface area contributed by atoms with Crippen LogP contribution in [0.1, 0.15) is 51.9 Å². The van der Waals surface area contributed by atoms with Crippen molar-refractivity contribution >= 4 is 5.78 Å². The molecule has 2 fully saturated rings. The highest BCUT2D eigenvalue weighted by Crippen LogP contribution is 2.34. The first-order valence-electron chi connectivity index (χ1n) is 6.90. The largest absolute Gasteiger partial charge is 0.381 e. The van der Waals surface area contributed by atoms with E-state index in [-0.39, 0.29) is 0 Å². The van der Waals surface area contributed by atoms with Crippen LogP contribution in [0.3, 0.4) is 0 Å². The van der Waals surface area contributed by atoms with Gasteiger partial charge < -0.3 is 4.74 Å². The smallest absolute Gasteiger partial charge is 0.136 e. The maximum Gasteiger partial charge on any atom is 0.136 e. The summed E-state index contributed by atoms with van der Waals surface area (Å²) in [6, 6.07) is 0. The van der Waals surface area contributed by atoms with Gasteiger partial charge in [-0.15, -0.1) is 0 Å². The minimum absolute atomic E-state index is 0.377. The topological polar surface area (TPSA) is 26.3 Å². The van der Waals surface area contributed by atoms with Crippen LogP contribution in [0.25, 0.3) is 0 Å². The zero-order valence-electron chi connectivity index (χ0n) is 10.4. The Morgan fingerprint density at radius 3 is 2.62 bits per heavy atom. The fourth-order valence-electron chi connectivity index (χ4n) is 3.19. The van der Waals surface area contributed by atoms with Gasteiger partial charge in [-0.1, -0.05) is 13.3 Å². The molecule has 1 heterocycles. The minimum atomic E-state index is 0.377. The molecule has 0 radical (unpaired) electrons. The van der Waals surface area contributed by atoms with Gasteiger partial charge in [0.05, 0.1) is 0 Å². The van der Waals surface area contributed by atoms with Crippen LogP contribution < -0.4 is 0 Å². The summed E-state index contributed by atoms with van der Waals surface area (Å²) in [7, 11) is 0. The molecular weight excluding hydrogens is 200 g/mol. The lowest BCUT2D eigenvalue weighted by atomic mass is 9.74. The molecule has 0 aromatic carbocycles. The Kier molecular flexibility index (Phi) is 4.39. The average molecular weight is 224 g/mol. The molecule has 2 atom stereocenters. The highest BCUT2D eigenvalue weighted by atomic mass is 16.5. The second kappa shape index (κ2) is 5.81. The Balaban J connectivity index is 1.83. The Labute approximate surface area is 98.7 Å². The summed E-state index contributed by atoms with van der Waals surface area (Å²) in [5.74, 6) is 2.47. The van der Waals surface area contributed by atoms with Gasteiger partial charge in [-0.05, 0) is 43.9 Å². The summed E-state index contributed by atoms with van der Waals surface area (Å²) in [5, 5.41) is 0. The molecule has 1 aliphatic carbocycles. The molecule has 1 saturated carbocycles. The van der Waals surface area contributed by atoms with Gasteiger partial charge in [-0.2, -0.15) is 0 Å². The number of carbonyl (C=O) groups is 1. The Hall–Kier alpha value is -0.370. The molecule has 2 unspecified atom stereocenters. The summed E-state index contributed by atoms with van der Waals surface area (Å²) in [6.07, 6.45) is 7.86. The molecule has 0 spiro atoms. The fraction of sp³-hybridized carbons (Fsp3) is 0.929. The zero-order valence-corrected chi connectivity index (χ0v) is 10.4. The van der Waals surface area contributed by atoms with Crippen LogP contribution in [0.2, 0.25) is 0 Å². The summed E-state index contributed by atoms with van der Waals surface area (Å²) < 4.78 is 5.37. The van der Waals surface area contributed by atoms with Crippen molar-refractivity contribution in [3.8, 4) is 0 Å². The normalized spacial score (nSPS) is 32.9. The zero-order chi connectivity index (χ0) is 11.4. The quantitative estimate of drug-likeness (QED) is 0.736. The summed E-state index contributed by atoms with van der Waals surface area (Å²) in [6.45, 7) is 4.07. The van der Waals surface area contributed by atoms with E-state index in [0.717, 1.165) is 50.7 Å². The second-order valence-electron chi connectivity index (χ2n) is 5.50. The molecule has 0 amide bonds. The maximum atomic E-state index is 11.9. The first-order valence-corrected chi connectivity index (χ1v) is 6.90. The average Bonchev–Trinajstić information content (AvgIpc) is 2.33. The Bertz CT molecular complexity index is 231. The van der Waals surface area contributed by atoms with E-state index < -0.39 is 0 Å². The molecule has 0 N–H and O–H groups in total. The summed E-state index contributed by atoms with van der Waals surface area (Å²) >= 11 is 0. The van der Waals surface area contributed by atoms with Crippen molar-refractivity contribution in [3.05, 3.63) is 0 Å². The molecule has 2 aliphatic rings. The van der Waals surface area contributed by atoms with Crippen LogP contribution >= 0.6 is 0 Å². The van der Waals surface area contributed by atoms with Crippen molar-refractivity contribution in [3.63, 3.8) is 0 Å². The lowest BCUT2D eigenvalue weighted by Gasteiger charge is -2.31. The monoisotopic (exact) mass is 224 g/mol. The number of carbonyl (C=O) groups excluding carboxylic acids is 1. The van der Waals surface area contributed by atoms with Crippen molar-refractivity contribution in [1.82, 2.24) is 0 Å². The molecule has 2 rings (SSSR count). The Morgan fingerprint density at radius 2 is 1.94 bits per heavy atom. The van der Waals surface area contributed by atoms with Crippen LogP contribution in [0.4, 0.5) is 0 Å². The third kappa shape index (κ3) is 3.07. The molecule has 2 heteroatoms. The van der Waals surface area contributed by atoms with E-state index in [1.54, 1.807) is 0 Å². The number of Topliss-reactive ketones (excluding diaryl/α,β-unsaturated/α-hetero) is 1. The Morgan fingerprint density at radius 1 is 1.19 bits per heavy atom. The third-order valence-corrected chi connectivity index (χ3v) is 4.41. The molecular formula is C14H24O2. The molecule has 0 bridgehead atoms. The SMILES string of the molecule is CCC1CCC(=O)C(CC2CCOCC2)C1. The predicted octanol–water partition coefficient (Wildman–Crippen LogP) is 3.20. The van der Waals surface area contributed by atoms with Crippen LogP contribution in [0.5, 0.6) is 0 Å². The predicted molar refractivity (Wildman–Crippen MR) is 64.3 cm³/mol. The van der Waals surface area contributed by atoms with Crippen molar-refractivity contribution in [2.45, 2.75) is 51.9 Å². The van der Waals surface area contributed by atoms with Gasteiger partial charge in [0.1, 0.15) is 5.78 Å². The van der Waals surface area contributed by atoms with E-state index in [1.807, 2.05) is 0 Å². The van der Waals surface area contributed by atoms with E-state index in [9.17, 15) is 4.79 Å². The maximum absolute atomic E-state index is 11.9. The van der Waals surface area contributed by atoms with Crippen molar-refractivity contribution in [2.24, 2.45) is 17.8 Å². The van der Waals surface area contributed by atoms with Gasteiger partial charge in [0, 0.05) is 25.6 Å². The molecule has 0 aromatic heterocycles. The van der Waals surface area contributed by atoms with E-state index in [1.165, 1.54) is 19.3 Å². The van der Waals surface area contributed by atoms with E-state index in [4.69, 9.17) is 4.74 Å². The lowest BCUT2D eigenvalue weighted by Crippen LogP contribution is -2.28. The first kappa shape index (κ1) is 12.1. The second-order valence-corrected chi connectivity index (χ2v) is 5.50. The van der Waals surface area contributed by atoms with Crippen LogP contribution in [0.15, 0.2) is 0 Å². The molecule has 0 aromatic rings. The van der Waals surface area contributed by atoms with Crippen molar-refractivity contribution in [1.29, 1.82) is 0 Å². The summed E-state index contributed by atoms with van der Waals surface area (Å²) in [4.78, 5) is 11.9. The molecule has 16 heavy (non-hydrogen) atoms. The third-order valence-electron chi connectivity index (χ3n) is 4.41. The number of ether oxygens (including phenoxy) is 1. The van der Waals surface area contributed by atoms with E-state index in [0.29, 0.717) is 11.7 Å². The van der Waals surface area contributed by atoms with Gasteiger partial charge in [0.2, 0.25) is 0 Å². The van der Waals surface area contributed by atoms with Crippen LogP contribution in [0, 0.1) is 17.8 Å². The standard InChI is InChI=1S/C14H24O2/c1-2-11-3-4-14(15)13(9-11)10-12-5-7-16-8-6-12/h11-13H,2-10H2,1H3. The van der Waals surface area contributed by atoms with Crippen LogP contribution in [-0.4, -0.2) is 19.0 Å². The minimum Gasteiger partial charge on any atom is -0.381 e. The van der Waals surface area contributed by atoms with Gasteiger partial charge in [-0.25, -0.2) is 0 Å². The van der Waals surface area contributed by atoms with E-state index >= 15 is 0 Å². The van der Waals surface area contributed by atoms with Gasteiger partial charge in [0.15, 0.2) is 0 Å². The fourth-order valence-corrected chi connectivity index (χ4v) is 3.19. The van der Waals surface area contributed by atoms with Gasteiger partial charge in [0.25, 0.3) is 0 Å². The van der Waals surface area contributed by atoms with Gasteiger partial charge in [-0.3, -0.25) is 4.79 Å². The lowest BCUT2D eigenvalue weighted by molar-refractivity contribution is -0.126. The van der Waals surface area contributed by atoms with Crippen molar-refractivity contribution < 1.29 is 9.53 Å². The highest BCUT2D eigenvalue weighted by molar-refractivity contribution is 5.81. The highest BCUT2D eigenvalue weighted by Gasteiger charge is 2.30. The van der Waals surface area contributed by atoms with E-state index in [2.05, 4.69) is 6.92 Å². The van der Waals surface area contributed by atoms with Crippen LogP contribution in [-0.2, 0) is 9.53 Å². The number of rotatable bonds is 3.